The van der Waals surface area contributed by atoms with Gasteiger partial charge >= 0.3 is 18.5 Å². The lowest BCUT2D eigenvalue weighted by molar-refractivity contribution is -0.152. The van der Waals surface area contributed by atoms with Crippen LogP contribution >= 0.6 is 0 Å². The van der Waals surface area contributed by atoms with Crippen molar-refractivity contribution in [2.75, 3.05) is 155 Å². The average Bonchev–Trinajstić information content (AvgIpc) is 0.887. The highest BCUT2D eigenvalue weighted by Gasteiger charge is 2.44. The number of halogens is 9. The van der Waals surface area contributed by atoms with E-state index in [4.69, 9.17) is 56.8 Å². The number of carbonyl (C=O) groups is 4. The van der Waals surface area contributed by atoms with Gasteiger partial charge in [0.2, 0.25) is 59.1 Å². The molecule has 774 valence electrons. The topological polar surface area (TPSA) is 615 Å². The third-order valence-electron chi connectivity index (χ3n) is 21.8. The van der Waals surface area contributed by atoms with Gasteiger partial charge in [0, 0.05) is 69.1 Å². The summed E-state index contributed by atoms with van der Waals surface area (Å²) in [6.07, 6.45) is -14.4. The number of hydrogen-bond donors (Lipinski definition) is 16. The molecule has 3 aliphatic rings. The van der Waals surface area contributed by atoms with E-state index in [9.17, 15) is 105 Å². The van der Waals surface area contributed by atoms with Gasteiger partial charge in [0.05, 0.1) is 175 Å². The van der Waals surface area contributed by atoms with Gasteiger partial charge in [-0.05, 0) is 25.7 Å². The lowest BCUT2D eigenvalue weighted by Gasteiger charge is -2.37. The quantitative estimate of drug-likeness (QED) is 0.0180. The van der Waals surface area contributed by atoms with E-state index in [-0.39, 0.29) is 226 Å². The first kappa shape index (κ1) is 112. The van der Waals surface area contributed by atoms with Crippen LogP contribution in [-0.4, -0.2) is 362 Å². The number of rotatable bonds is 65. The number of alkyl halides is 9. The van der Waals surface area contributed by atoms with E-state index in [0.29, 0.717) is 24.6 Å². The van der Waals surface area contributed by atoms with E-state index in [0.717, 1.165) is 51.4 Å². The Hall–Kier alpha value is -10.0. The molecule has 0 aromatic carbocycles. The Morgan fingerprint density at radius 3 is 0.964 bits per heavy atom. The molecule has 9 heterocycles. The third-order valence-corrected chi connectivity index (χ3v) is 21.8. The molecule has 6 aromatic heterocycles. The molecule has 4 amide bonds. The summed E-state index contributed by atoms with van der Waals surface area (Å²) in [6, 6.07) is -1.72. The fourth-order valence-electron chi connectivity index (χ4n) is 14.2. The minimum Gasteiger partial charge on any atom is -0.471 e. The largest absolute Gasteiger partial charge is 0.471 e. The van der Waals surface area contributed by atoms with Gasteiger partial charge in [-0.3, -0.25) is 19.2 Å². The van der Waals surface area contributed by atoms with E-state index < -0.39 is 187 Å². The second-order valence-electron chi connectivity index (χ2n) is 32.5. The zero-order valence-electron chi connectivity index (χ0n) is 76.0. The summed E-state index contributed by atoms with van der Waals surface area (Å²) in [5.41, 5.74) is -4.73. The Bertz CT molecular complexity index is 4170. The summed E-state index contributed by atoms with van der Waals surface area (Å²) in [5, 5.41) is 134. The lowest BCUT2D eigenvalue weighted by atomic mass is 9.82. The molecule has 12 atom stereocenters. The number of amides is 4. The second-order valence-corrected chi connectivity index (χ2v) is 32.5. The molecule has 3 saturated heterocycles. The highest BCUT2D eigenvalue weighted by molar-refractivity contribution is 5.80. The van der Waals surface area contributed by atoms with Crippen molar-refractivity contribution >= 4 is 41.5 Å². The second kappa shape index (κ2) is 57.7. The minimum atomic E-state index is -4.93. The molecular formula is C82H123F9N22O25. The maximum Gasteiger partial charge on any atom is 0.433 e. The normalized spacial score (nSPS) is 20.4. The van der Waals surface area contributed by atoms with Crippen LogP contribution in [0.15, 0.2) is 36.8 Å². The first-order chi connectivity index (χ1) is 66.2. The zero-order valence-corrected chi connectivity index (χ0v) is 76.0. The van der Waals surface area contributed by atoms with Crippen LogP contribution in [-0.2, 0) is 120 Å². The summed E-state index contributed by atoms with van der Waals surface area (Å²) >= 11 is 0. The zero-order chi connectivity index (χ0) is 99.5. The van der Waals surface area contributed by atoms with Crippen LogP contribution in [0.1, 0.15) is 144 Å². The predicted octanol–water partition coefficient (Wildman–Crippen LogP) is 0.270. The summed E-state index contributed by atoms with van der Waals surface area (Å²) in [7, 11) is 0. The van der Waals surface area contributed by atoms with Crippen LogP contribution in [0.2, 0.25) is 0 Å². The Kier molecular flexibility index (Phi) is 46.6. The number of aliphatic hydroxyl groups excluding tert-OH is 9. The Morgan fingerprint density at radius 1 is 0.384 bits per heavy atom. The van der Waals surface area contributed by atoms with E-state index >= 15 is 0 Å². The summed E-state index contributed by atoms with van der Waals surface area (Å²) in [5.74, 6) is -4.85. The Morgan fingerprint density at radius 2 is 0.674 bits per heavy atom. The van der Waals surface area contributed by atoms with Crippen molar-refractivity contribution in [2.24, 2.45) is 0 Å². The highest BCUT2D eigenvalue weighted by Crippen LogP contribution is 2.36. The molecule has 9 rings (SSSR count). The lowest BCUT2D eigenvalue weighted by Crippen LogP contribution is -2.56. The van der Waals surface area contributed by atoms with Crippen molar-refractivity contribution in [3.05, 3.63) is 71.0 Å². The number of aromatic nitrogens is 15. The molecule has 47 nitrogen and oxygen atoms in total. The number of hydrogen-bond acceptors (Lipinski definition) is 40. The van der Waals surface area contributed by atoms with Gasteiger partial charge in [0.1, 0.15) is 91.8 Å². The standard InChI is InChI=1S/C82H123F9N22O25/c1-2-3-4-5-6-7-8-9-10-11-66(120)104-79(15-12-63(117)92-18-24-127-30-33-130-27-21-111-39-51(105-108-111)45-136-67-36-60(80(83,84)85)98-76(101-67)95-54-48-133-57(42-114)73(124)70(54)121,16-13-64(118)93-19-25-128-31-34-131-28-22-112-40-52(106-109-112)46-137-68-37-61(81(86,87)88)99-77(102-68)96-55-49-134-58(43-115)74(125)71(55)122)17-14-65(119)94-20-26-129-32-35-132-29-23-113-41-53(107-110-113)47-138-69-38-62(82(89,90)91)100-78(103-69)97-56-50-135-59(44-116)75(126)72(56)123/h36-41,54-59,70-75,114-116,121-126H,2-35,42-50H2,1H3,(H,92,117)(H,93,118)(H,94,119)(H,104,120)(H,95,98,101)(H,96,99,102)(H,97,100,103)/t54-,55-,56-,57+,58+,59+,70+,71+,72+,73-,74-,75-/m0/s1. The van der Waals surface area contributed by atoms with Crippen molar-refractivity contribution in [2.45, 2.75) is 246 Å². The van der Waals surface area contributed by atoms with Crippen molar-refractivity contribution < 1.29 is 161 Å². The van der Waals surface area contributed by atoms with Crippen LogP contribution in [0, 0.1) is 0 Å². The smallest absolute Gasteiger partial charge is 0.433 e. The van der Waals surface area contributed by atoms with Gasteiger partial charge in [-0.1, -0.05) is 73.9 Å². The molecule has 0 bridgehead atoms. The number of anilines is 3. The summed E-state index contributed by atoms with van der Waals surface area (Å²) < 4.78 is 196. The fourth-order valence-corrected chi connectivity index (χ4v) is 14.2. The van der Waals surface area contributed by atoms with Gasteiger partial charge in [0.25, 0.3) is 0 Å². The SMILES string of the molecule is CCCCCCCCCCCC(=O)NC(CCC(=O)NCCOCCOCCn1cc(COc2cc(C(F)(F)F)nc(N[C@H]3CO[C@H](CO)[C@H](O)[C@@H]3O)n2)nn1)(CCC(=O)NCCOCCOCCn1cc(COc2cc(C(F)(F)F)nc(N[C@H]3CO[C@H](CO)[C@H](O)[C@@H]3O)n2)nn1)CCC(=O)NCCOCCOCCn1cc(COc2cc(C(F)(F)F)nc(N[C@H]3CO[C@H](CO)[C@H](O)[C@@H]3O)n2)nn1. The monoisotopic (exact) mass is 1990 g/mol. The molecule has 56 heteroatoms. The van der Waals surface area contributed by atoms with Crippen LogP contribution in [0.5, 0.6) is 17.6 Å². The van der Waals surface area contributed by atoms with Crippen LogP contribution in [0.3, 0.4) is 0 Å². The van der Waals surface area contributed by atoms with E-state index in [2.05, 4.69) is 105 Å². The molecule has 0 spiro atoms. The van der Waals surface area contributed by atoms with E-state index in [1.807, 2.05) is 0 Å². The summed E-state index contributed by atoms with van der Waals surface area (Å²) in [4.78, 5) is 77.6. The molecule has 0 unspecified atom stereocenters. The first-order valence-electron chi connectivity index (χ1n) is 45.3. The Labute approximate surface area is 785 Å². The number of carbonyl (C=O) groups excluding carboxylic acids is 4. The first-order valence-corrected chi connectivity index (χ1v) is 45.3. The molecular weight excluding hydrogens is 1860 g/mol. The molecule has 138 heavy (non-hydrogen) atoms. The molecule has 0 radical (unpaired) electrons. The van der Waals surface area contributed by atoms with Crippen LogP contribution in [0.4, 0.5) is 57.4 Å². The van der Waals surface area contributed by atoms with E-state index in [1.54, 1.807) is 0 Å². The maximum absolute atomic E-state index is 14.1. The van der Waals surface area contributed by atoms with Crippen molar-refractivity contribution in [3.63, 3.8) is 0 Å². The minimum absolute atomic E-state index is 0.00795. The van der Waals surface area contributed by atoms with E-state index in [1.165, 1.54) is 32.6 Å². The molecule has 3 aliphatic heterocycles. The number of unbranched alkanes of at least 4 members (excludes halogenated alkanes) is 8. The fraction of sp³-hybridized carbons (Fsp3) is 0.732. The number of nitrogens with zero attached hydrogens (tertiary/aromatic N) is 15. The molecule has 16 N–H and O–H groups in total. The molecule has 6 aromatic rings. The van der Waals surface area contributed by atoms with Gasteiger partial charge < -0.3 is 140 Å². The summed E-state index contributed by atoms with van der Waals surface area (Å²) in [6.45, 7) is 0.329. The molecule has 0 saturated carbocycles. The maximum atomic E-state index is 14.1. The average molecular weight is 1990 g/mol. The van der Waals surface area contributed by atoms with Gasteiger partial charge in [0.15, 0.2) is 17.1 Å². The van der Waals surface area contributed by atoms with Crippen LogP contribution in [0.25, 0.3) is 0 Å². The van der Waals surface area contributed by atoms with Gasteiger partial charge in [-0.25, -0.2) is 29.0 Å². The molecule has 3 fully saturated rings. The van der Waals surface area contributed by atoms with Crippen LogP contribution < -0.4 is 51.4 Å². The number of nitrogens with one attached hydrogen (secondary N) is 7. The predicted molar refractivity (Wildman–Crippen MR) is 457 cm³/mol. The van der Waals surface area contributed by atoms with Crippen molar-refractivity contribution in [1.29, 1.82) is 0 Å². The highest BCUT2D eigenvalue weighted by atomic mass is 19.4. The van der Waals surface area contributed by atoms with Gasteiger partial charge in [-0.15, -0.1) is 15.3 Å². The number of aliphatic hydroxyl groups is 9. The van der Waals surface area contributed by atoms with Gasteiger partial charge in [-0.2, -0.15) is 54.5 Å². The number of ether oxygens (including phenoxy) is 12. The van der Waals surface area contributed by atoms with Crippen molar-refractivity contribution in [3.8, 4) is 17.6 Å². The van der Waals surface area contributed by atoms with Crippen molar-refractivity contribution in [1.82, 2.24) is 96.2 Å². The third kappa shape index (κ3) is 38.9. The molecule has 0 aliphatic carbocycles. The Balaban J connectivity index is 0.720.